The first kappa shape index (κ1) is 22.0. The molecule has 0 saturated carbocycles. The summed E-state index contributed by atoms with van der Waals surface area (Å²) in [6.07, 6.45) is -33.7. The molecule has 0 N–H and O–H groups in total. The van der Waals surface area contributed by atoms with Crippen LogP contribution in [0.25, 0.3) is 0 Å². The summed E-state index contributed by atoms with van der Waals surface area (Å²) in [5.74, 6) is -12.6. The van der Waals surface area contributed by atoms with Crippen LogP contribution in [0.2, 0.25) is 0 Å². The van der Waals surface area contributed by atoms with Gasteiger partial charge in [0.2, 0.25) is 0 Å². The van der Waals surface area contributed by atoms with Gasteiger partial charge in [-0.3, -0.25) is 0 Å². The van der Waals surface area contributed by atoms with E-state index in [1.54, 1.807) is 0 Å². The highest BCUT2D eigenvalue weighted by Gasteiger charge is 2.66. The van der Waals surface area contributed by atoms with E-state index in [1.165, 1.54) is 0 Å². The van der Waals surface area contributed by atoms with E-state index in [1.807, 2.05) is 0 Å². The Balaban J connectivity index is 5.19. The molecule has 0 aromatic heterocycles. The van der Waals surface area contributed by atoms with Crippen LogP contribution in [0.5, 0.6) is 0 Å². The Morgan fingerprint density at radius 3 is 0.870 bits per heavy atom. The molecule has 0 bridgehead atoms. The number of ether oxygens (including phenoxy) is 1. The van der Waals surface area contributed by atoms with E-state index in [9.17, 15) is 61.5 Å². The van der Waals surface area contributed by atoms with Crippen molar-refractivity contribution in [2.24, 2.45) is 0 Å². The molecular weight excluding hydrogens is 378 g/mol. The molecule has 0 aliphatic rings. The molecule has 0 aromatic rings. The van der Waals surface area contributed by atoms with E-state index in [0.29, 0.717) is 0 Å². The number of alkyl halides is 14. The number of hydrogen-bond donors (Lipinski definition) is 0. The fraction of sp³-hybridized carbons (Fsp3) is 1.00. The predicted molar refractivity (Wildman–Crippen MR) is 42.7 cm³/mol. The van der Waals surface area contributed by atoms with Crippen molar-refractivity contribution < 1.29 is 66.2 Å². The van der Waals surface area contributed by atoms with Crippen LogP contribution in [0.3, 0.4) is 0 Å². The highest BCUT2D eigenvalue weighted by Crippen LogP contribution is 2.42. The lowest BCUT2D eigenvalue weighted by molar-refractivity contribution is -0.348. The number of rotatable bonds is 6. The molecule has 0 radical (unpaired) electrons. The molecule has 1 nitrogen and oxygen atoms in total. The van der Waals surface area contributed by atoms with Gasteiger partial charge in [0.1, 0.15) is 0 Å². The Bertz CT molecular complexity index is 349. The average Bonchev–Trinajstić information content (AvgIpc) is 2.34. The Morgan fingerprint density at radius 1 is 0.478 bits per heavy atom. The van der Waals surface area contributed by atoms with Gasteiger partial charge in [-0.2, -0.15) is 43.9 Å². The first-order chi connectivity index (χ1) is 9.86. The van der Waals surface area contributed by atoms with Crippen molar-refractivity contribution in [3.05, 3.63) is 0 Å². The molecule has 0 aromatic carbocycles. The van der Waals surface area contributed by atoms with Crippen LogP contribution in [0.4, 0.5) is 61.5 Å². The Kier molecular flexibility index (Phi) is 6.18. The smallest absolute Gasteiger partial charge is 0.303 e. The fourth-order valence-electron chi connectivity index (χ4n) is 0.953. The average molecular weight is 382 g/mol. The topological polar surface area (TPSA) is 9.23 Å². The van der Waals surface area contributed by atoms with Gasteiger partial charge >= 0.3 is 24.2 Å². The summed E-state index contributed by atoms with van der Waals surface area (Å²) < 4.78 is 172. The molecular formula is C8H4F14O. The van der Waals surface area contributed by atoms with Gasteiger partial charge < -0.3 is 4.74 Å². The second kappa shape index (κ2) is 6.47. The van der Waals surface area contributed by atoms with Crippen LogP contribution < -0.4 is 0 Å². The maximum Gasteiger partial charge on any atom is 0.425 e. The summed E-state index contributed by atoms with van der Waals surface area (Å²) in [7, 11) is 0. The van der Waals surface area contributed by atoms with E-state index in [4.69, 9.17) is 0 Å². The molecule has 0 spiro atoms. The zero-order valence-corrected chi connectivity index (χ0v) is 10.0. The SMILES string of the molecule is FC(OC(F)C(F)(F)C(F)C(F)(F)F)C(F)(F)C(F)C(F)(F)F. The van der Waals surface area contributed by atoms with Crippen molar-refractivity contribution in [1.29, 1.82) is 0 Å². The van der Waals surface area contributed by atoms with Gasteiger partial charge in [0.15, 0.2) is 0 Å². The van der Waals surface area contributed by atoms with Crippen LogP contribution >= 0.6 is 0 Å². The van der Waals surface area contributed by atoms with Gasteiger partial charge in [0, 0.05) is 0 Å². The van der Waals surface area contributed by atoms with Crippen LogP contribution in [0.15, 0.2) is 0 Å². The summed E-state index contributed by atoms with van der Waals surface area (Å²) in [6, 6.07) is 0. The summed E-state index contributed by atoms with van der Waals surface area (Å²) in [5, 5.41) is 0. The van der Waals surface area contributed by atoms with E-state index >= 15 is 0 Å². The lowest BCUT2D eigenvalue weighted by atomic mass is 10.2. The molecule has 0 aliphatic heterocycles. The van der Waals surface area contributed by atoms with E-state index in [2.05, 4.69) is 4.74 Å². The molecule has 15 heteroatoms. The van der Waals surface area contributed by atoms with E-state index in [0.717, 1.165) is 0 Å². The molecule has 140 valence electrons. The molecule has 0 fully saturated rings. The van der Waals surface area contributed by atoms with Crippen molar-refractivity contribution in [3.8, 4) is 0 Å². The lowest BCUT2D eigenvalue weighted by Gasteiger charge is -2.29. The van der Waals surface area contributed by atoms with Gasteiger partial charge in [-0.25, -0.2) is 17.6 Å². The summed E-state index contributed by atoms with van der Waals surface area (Å²) in [6.45, 7) is 0. The van der Waals surface area contributed by atoms with Crippen molar-refractivity contribution in [3.63, 3.8) is 0 Å². The maximum atomic E-state index is 12.6. The lowest BCUT2D eigenvalue weighted by Crippen LogP contribution is -2.54. The van der Waals surface area contributed by atoms with Crippen molar-refractivity contribution in [2.45, 2.75) is 49.3 Å². The molecule has 0 aliphatic carbocycles. The molecule has 0 amide bonds. The van der Waals surface area contributed by atoms with Crippen LogP contribution in [-0.2, 0) is 4.74 Å². The predicted octanol–water partition coefficient (Wildman–Crippen LogP) is 4.67. The van der Waals surface area contributed by atoms with Crippen molar-refractivity contribution >= 4 is 0 Å². The molecule has 0 rings (SSSR count). The summed E-state index contributed by atoms with van der Waals surface area (Å²) in [5.41, 5.74) is 0. The van der Waals surface area contributed by atoms with Crippen LogP contribution in [-0.4, -0.2) is 49.3 Å². The third-order valence-electron chi connectivity index (χ3n) is 2.09. The van der Waals surface area contributed by atoms with Gasteiger partial charge in [0.05, 0.1) is 0 Å². The third-order valence-corrected chi connectivity index (χ3v) is 2.09. The monoisotopic (exact) mass is 382 g/mol. The summed E-state index contributed by atoms with van der Waals surface area (Å²) in [4.78, 5) is 0. The Hall–Kier alpha value is -1.02. The number of hydrogen-bond acceptors (Lipinski definition) is 1. The normalized spacial score (nSPS) is 20.1. The minimum Gasteiger partial charge on any atom is -0.303 e. The van der Waals surface area contributed by atoms with E-state index < -0.39 is 49.3 Å². The minimum atomic E-state index is -6.43. The molecule has 4 unspecified atom stereocenters. The van der Waals surface area contributed by atoms with Crippen molar-refractivity contribution in [2.75, 3.05) is 0 Å². The second-order valence-corrected chi connectivity index (χ2v) is 3.93. The highest BCUT2D eigenvalue weighted by atomic mass is 19.4. The standard InChI is InChI=1S/C8H4F14O/c9-1(7(17,18)19)5(13,14)3(11)23-4(12)6(15,16)2(10)8(20,21)22/h1-4H. The van der Waals surface area contributed by atoms with Crippen LogP contribution in [0.1, 0.15) is 0 Å². The first-order valence-electron chi connectivity index (χ1n) is 4.97. The van der Waals surface area contributed by atoms with E-state index in [-0.39, 0.29) is 0 Å². The maximum absolute atomic E-state index is 12.6. The van der Waals surface area contributed by atoms with Crippen LogP contribution in [0, 0.1) is 0 Å². The van der Waals surface area contributed by atoms with Gasteiger partial charge in [0.25, 0.3) is 25.1 Å². The third kappa shape index (κ3) is 4.97. The summed E-state index contributed by atoms with van der Waals surface area (Å²) >= 11 is 0. The first-order valence-corrected chi connectivity index (χ1v) is 4.97. The number of halogens is 14. The minimum absolute atomic E-state index is 2.30. The molecule has 0 saturated heterocycles. The molecule has 4 atom stereocenters. The zero-order valence-electron chi connectivity index (χ0n) is 10.0. The van der Waals surface area contributed by atoms with Gasteiger partial charge in [-0.1, -0.05) is 0 Å². The largest absolute Gasteiger partial charge is 0.425 e. The van der Waals surface area contributed by atoms with Gasteiger partial charge in [-0.05, 0) is 0 Å². The fourth-order valence-corrected chi connectivity index (χ4v) is 0.953. The quantitative estimate of drug-likeness (QED) is 0.607. The van der Waals surface area contributed by atoms with Crippen molar-refractivity contribution in [1.82, 2.24) is 0 Å². The second-order valence-electron chi connectivity index (χ2n) is 3.93. The molecule has 0 heterocycles. The zero-order chi connectivity index (χ0) is 19.0. The highest BCUT2D eigenvalue weighted by molar-refractivity contribution is 4.89. The Morgan fingerprint density at radius 2 is 0.696 bits per heavy atom. The molecule has 23 heavy (non-hydrogen) atoms. The Labute approximate surface area is 117 Å². The van der Waals surface area contributed by atoms with Gasteiger partial charge in [-0.15, -0.1) is 0 Å².